The molecule has 0 aliphatic heterocycles. The molecule has 1 heterocycles. The summed E-state index contributed by atoms with van der Waals surface area (Å²) in [7, 11) is 1.65. The molecule has 1 N–H and O–H groups in total. The van der Waals surface area contributed by atoms with Crippen molar-refractivity contribution in [1.29, 1.82) is 0 Å². The first kappa shape index (κ1) is 11.9. The van der Waals surface area contributed by atoms with Crippen molar-refractivity contribution in [2.24, 2.45) is 0 Å². The SMILES string of the molecule is COc1cc(NCc2ccncn2)ccc1Br. The maximum atomic E-state index is 5.23. The van der Waals surface area contributed by atoms with Crippen molar-refractivity contribution in [3.63, 3.8) is 0 Å². The average molecular weight is 294 g/mol. The van der Waals surface area contributed by atoms with Crippen molar-refractivity contribution in [3.05, 3.63) is 47.0 Å². The third-order valence-corrected chi connectivity index (χ3v) is 2.92. The number of anilines is 1. The van der Waals surface area contributed by atoms with E-state index in [1.165, 1.54) is 0 Å². The van der Waals surface area contributed by atoms with Crippen molar-refractivity contribution in [2.75, 3.05) is 12.4 Å². The van der Waals surface area contributed by atoms with Gasteiger partial charge in [0.2, 0.25) is 0 Å². The molecular formula is C12H12BrN3O. The lowest BCUT2D eigenvalue weighted by Gasteiger charge is -2.08. The van der Waals surface area contributed by atoms with Gasteiger partial charge in [-0.1, -0.05) is 0 Å². The number of nitrogens with zero attached hydrogens (tertiary/aromatic N) is 2. The van der Waals surface area contributed by atoms with Crippen LogP contribution in [-0.4, -0.2) is 17.1 Å². The Labute approximate surface area is 108 Å². The number of rotatable bonds is 4. The zero-order valence-electron chi connectivity index (χ0n) is 9.35. The van der Waals surface area contributed by atoms with Gasteiger partial charge in [0.1, 0.15) is 12.1 Å². The molecule has 0 saturated heterocycles. The second-order valence-electron chi connectivity index (χ2n) is 3.40. The summed E-state index contributed by atoms with van der Waals surface area (Å²) in [5.41, 5.74) is 1.94. The minimum atomic E-state index is 0.660. The molecular weight excluding hydrogens is 282 g/mol. The van der Waals surface area contributed by atoms with Crippen molar-refractivity contribution in [2.45, 2.75) is 6.54 Å². The van der Waals surface area contributed by atoms with Gasteiger partial charge < -0.3 is 10.1 Å². The molecule has 0 bridgehead atoms. The average Bonchev–Trinajstić information content (AvgIpc) is 2.39. The van der Waals surface area contributed by atoms with Gasteiger partial charge in [0.05, 0.1) is 23.8 Å². The summed E-state index contributed by atoms with van der Waals surface area (Å²) in [6.07, 6.45) is 3.27. The van der Waals surface area contributed by atoms with E-state index in [0.29, 0.717) is 6.54 Å². The summed E-state index contributed by atoms with van der Waals surface area (Å²) < 4.78 is 6.16. The van der Waals surface area contributed by atoms with Crippen LogP contribution in [0.5, 0.6) is 5.75 Å². The van der Waals surface area contributed by atoms with Crippen LogP contribution in [0.4, 0.5) is 5.69 Å². The van der Waals surface area contributed by atoms with Gasteiger partial charge in [-0.25, -0.2) is 9.97 Å². The van der Waals surface area contributed by atoms with Gasteiger partial charge in [-0.3, -0.25) is 0 Å². The Morgan fingerprint density at radius 3 is 2.94 bits per heavy atom. The Morgan fingerprint density at radius 2 is 2.24 bits per heavy atom. The van der Waals surface area contributed by atoms with Gasteiger partial charge in [0, 0.05) is 18.0 Å². The van der Waals surface area contributed by atoms with E-state index < -0.39 is 0 Å². The van der Waals surface area contributed by atoms with E-state index in [1.807, 2.05) is 24.3 Å². The van der Waals surface area contributed by atoms with Crippen LogP contribution < -0.4 is 10.1 Å². The zero-order chi connectivity index (χ0) is 12.1. The van der Waals surface area contributed by atoms with Gasteiger partial charge in [-0.05, 0) is 34.1 Å². The maximum absolute atomic E-state index is 5.23. The van der Waals surface area contributed by atoms with Gasteiger partial charge >= 0.3 is 0 Å². The predicted octanol–water partition coefficient (Wildman–Crippen LogP) is 2.86. The van der Waals surface area contributed by atoms with E-state index in [-0.39, 0.29) is 0 Å². The second kappa shape index (κ2) is 5.63. The number of methoxy groups -OCH3 is 1. The molecule has 88 valence electrons. The smallest absolute Gasteiger partial charge is 0.135 e. The molecule has 0 fully saturated rings. The molecule has 1 aromatic carbocycles. The van der Waals surface area contributed by atoms with Crippen molar-refractivity contribution in [1.82, 2.24) is 9.97 Å². The molecule has 0 radical (unpaired) electrons. The first-order valence-corrected chi connectivity index (χ1v) is 5.91. The normalized spacial score (nSPS) is 10.0. The molecule has 5 heteroatoms. The molecule has 2 rings (SSSR count). The van der Waals surface area contributed by atoms with E-state index in [9.17, 15) is 0 Å². The van der Waals surface area contributed by atoms with Crippen LogP contribution in [0.3, 0.4) is 0 Å². The van der Waals surface area contributed by atoms with Crippen molar-refractivity contribution in [3.8, 4) is 5.75 Å². The first-order valence-electron chi connectivity index (χ1n) is 5.12. The molecule has 2 aromatic rings. The minimum absolute atomic E-state index is 0.660. The highest BCUT2D eigenvalue weighted by atomic mass is 79.9. The number of nitrogens with one attached hydrogen (secondary N) is 1. The van der Waals surface area contributed by atoms with Crippen LogP contribution in [0.1, 0.15) is 5.69 Å². The van der Waals surface area contributed by atoms with Crippen molar-refractivity contribution >= 4 is 21.6 Å². The summed E-state index contributed by atoms with van der Waals surface area (Å²) in [4.78, 5) is 8.01. The molecule has 0 aliphatic rings. The summed E-state index contributed by atoms with van der Waals surface area (Å²) in [5, 5.41) is 3.27. The van der Waals surface area contributed by atoms with Gasteiger partial charge in [0.25, 0.3) is 0 Å². The Kier molecular flexibility index (Phi) is 3.93. The number of halogens is 1. The van der Waals surface area contributed by atoms with Crippen LogP contribution in [0.15, 0.2) is 41.3 Å². The lowest BCUT2D eigenvalue weighted by molar-refractivity contribution is 0.412. The quantitative estimate of drug-likeness (QED) is 0.942. The Hall–Kier alpha value is -1.62. The molecule has 4 nitrogen and oxygen atoms in total. The molecule has 0 saturated carbocycles. The number of ether oxygens (including phenoxy) is 1. The number of hydrogen-bond acceptors (Lipinski definition) is 4. The predicted molar refractivity (Wildman–Crippen MR) is 70.1 cm³/mol. The van der Waals surface area contributed by atoms with E-state index in [2.05, 4.69) is 31.2 Å². The fraction of sp³-hybridized carbons (Fsp3) is 0.167. The third-order valence-electron chi connectivity index (χ3n) is 2.27. The summed E-state index contributed by atoms with van der Waals surface area (Å²) in [6, 6.07) is 7.74. The lowest BCUT2D eigenvalue weighted by atomic mass is 10.3. The number of aromatic nitrogens is 2. The van der Waals surface area contributed by atoms with E-state index in [4.69, 9.17) is 4.74 Å². The molecule has 0 atom stereocenters. The minimum Gasteiger partial charge on any atom is -0.495 e. The van der Waals surface area contributed by atoms with Crippen LogP contribution in [0.25, 0.3) is 0 Å². The molecule has 0 unspecified atom stereocenters. The van der Waals surface area contributed by atoms with E-state index in [0.717, 1.165) is 21.6 Å². The monoisotopic (exact) mass is 293 g/mol. The molecule has 0 spiro atoms. The summed E-state index contributed by atoms with van der Waals surface area (Å²) >= 11 is 3.41. The van der Waals surface area contributed by atoms with E-state index >= 15 is 0 Å². The molecule has 0 aliphatic carbocycles. The number of hydrogen-bond donors (Lipinski definition) is 1. The zero-order valence-corrected chi connectivity index (χ0v) is 10.9. The van der Waals surface area contributed by atoms with Crippen LogP contribution in [0, 0.1) is 0 Å². The highest BCUT2D eigenvalue weighted by Crippen LogP contribution is 2.27. The third kappa shape index (κ3) is 3.17. The Bertz CT molecular complexity index is 490. The van der Waals surface area contributed by atoms with Crippen LogP contribution >= 0.6 is 15.9 Å². The Balaban J connectivity index is 2.04. The highest BCUT2D eigenvalue weighted by molar-refractivity contribution is 9.10. The fourth-order valence-electron chi connectivity index (χ4n) is 1.39. The van der Waals surface area contributed by atoms with Crippen molar-refractivity contribution < 1.29 is 4.74 Å². The van der Waals surface area contributed by atoms with Gasteiger partial charge in [-0.2, -0.15) is 0 Å². The van der Waals surface area contributed by atoms with Gasteiger partial charge in [0.15, 0.2) is 0 Å². The fourth-order valence-corrected chi connectivity index (χ4v) is 1.79. The molecule has 1 aromatic heterocycles. The number of benzene rings is 1. The topological polar surface area (TPSA) is 47.0 Å². The Morgan fingerprint density at radius 1 is 1.35 bits per heavy atom. The van der Waals surface area contributed by atoms with Crippen LogP contribution in [0.2, 0.25) is 0 Å². The molecule has 17 heavy (non-hydrogen) atoms. The first-order chi connectivity index (χ1) is 8.29. The summed E-state index contributed by atoms with van der Waals surface area (Å²) in [6.45, 7) is 0.660. The lowest BCUT2D eigenvalue weighted by Crippen LogP contribution is -2.01. The van der Waals surface area contributed by atoms with Gasteiger partial charge in [-0.15, -0.1) is 0 Å². The summed E-state index contributed by atoms with van der Waals surface area (Å²) in [5.74, 6) is 0.803. The highest BCUT2D eigenvalue weighted by Gasteiger charge is 2.01. The molecule has 0 amide bonds. The second-order valence-corrected chi connectivity index (χ2v) is 4.26. The standard InChI is InChI=1S/C12H12BrN3O/c1-17-12-6-9(2-3-11(12)13)15-7-10-4-5-14-8-16-10/h2-6,8,15H,7H2,1H3. The van der Waals surface area contributed by atoms with E-state index in [1.54, 1.807) is 19.6 Å². The largest absolute Gasteiger partial charge is 0.495 e. The van der Waals surface area contributed by atoms with Crippen LogP contribution in [-0.2, 0) is 6.54 Å². The maximum Gasteiger partial charge on any atom is 0.135 e.